The lowest BCUT2D eigenvalue weighted by Gasteiger charge is -2.07. The smallest absolute Gasteiger partial charge is 0.272 e. The minimum atomic E-state index is -0.463. The molecule has 0 fully saturated rings. The van der Waals surface area contributed by atoms with Crippen molar-refractivity contribution in [1.29, 1.82) is 0 Å². The molecule has 0 bridgehead atoms. The number of carbonyl (C=O) groups excluding carboxylic acids is 1. The summed E-state index contributed by atoms with van der Waals surface area (Å²) in [5.74, 6) is -0.306. The Morgan fingerprint density at radius 3 is 2.75 bits per heavy atom. The Morgan fingerprint density at radius 1 is 1.25 bits per heavy atom. The molecular formula is C13H14N4O3. The van der Waals surface area contributed by atoms with E-state index in [4.69, 9.17) is 0 Å². The number of benzene rings is 1. The zero-order chi connectivity index (χ0) is 14.5. The summed E-state index contributed by atoms with van der Waals surface area (Å²) in [6.45, 7) is 4.12. The summed E-state index contributed by atoms with van der Waals surface area (Å²) >= 11 is 0. The summed E-state index contributed by atoms with van der Waals surface area (Å²) < 4.78 is 0. The lowest BCUT2D eigenvalue weighted by molar-refractivity contribution is -0.115. The molecule has 0 aliphatic heterocycles. The van der Waals surface area contributed by atoms with E-state index < -0.39 is 11.1 Å². The number of aromatic nitrogens is 2. The fourth-order valence-corrected chi connectivity index (χ4v) is 1.82. The minimum absolute atomic E-state index is 0.0868. The van der Waals surface area contributed by atoms with Crippen LogP contribution in [-0.4, -0.2) is 29.2 Å². The summed E-state index contributed by atoms with van der Waals surface area (Å²) in [6.07, 6.45) is 1.63. The second-order valence-corrected chi connectivity index (χ2v) is 4.10. The van der Waals surface area contributed by atoms with E-state index in [2.05, 4.69) is 27.4 Å². The topological polar surface area (TPSA) is 107 Å². The van der Waals surface area contributed by atoms with Crippen molar-refractivity contribution in [2.45, 2.75) is 0 Å². The predicted octanol–water partition coefficient (Wildman–Crippen LogP) is -0.0695. The van der Waals surface area contributed by atoms with Gasteiger partial charge in [0.1, 0.15) is 0 Å². The number of nitrogens with one attached hydrogen (secondary N) is 4. The van der Waals surface area contributed by atoms with Gasteiger partial charge in [-0.1, -0.05) is 12.1 Å². The molecule has 4 N–H and O–H groups in total. The van der Waals surface area contributed by atoms with Crippen LogP contribution in [0.1, 0.15) is 0 Å². The van der Waals surface area contributed by atoms with Crippen molar-refractivity contribution in [2.75, 3.05) is 18.4 Å². The molecule has 1 heterocycles. The van der Waals surface area contributed by atoms with Gasteiger partial charge in [0, 0.05) is 6.54 Å². The first-order valence-corrected chi connectivity index (χ1v) is 5.98. The number of H-pyrrole nitrogens is 2. The molecule has 2 aromatic rings. The summed E-state index contributed by atoms with van der Waals surface area (Å²) in [6, 6.07) is 4.70. The Bertz CT molecular complexity index is 760. The number of amides is 1. The number of rotatable bonds is 5. The van der Waals surface area contributed by atoms with Gasteiger partial charge in [-0.3, -0.25) is 24.6 Å². The maximum atomic E-state index is 11.8. The number of fused-ring (bicyclic) bond motifs is 1. The van der Waals surface area contributed by atoms with E-state index in [1.807, 2.05) is 0 Å². The van der Waals surface area contributed by atoms with E-state index >= 15 is 0 Å². The zero-order valence-corrected chi connectivity index (χ0v) is 10.7. The van der Waals surface area contributed by atoms with E-state index in [1.54, 1.807) is 18.2 Å². The predicted molar refractivity (Wildman–Crippen MR) is 76.9 cm³/mol. The fraction of sp³-hybridized carbons (Fsp3) is 0.154. The van der Waals surface area contributed by atoms with Crippen LogP contribution in [0, 0.1) is 0 Å². The molecule has 0 atom stereocenters. The molecule has 20 heavy (non-hydrogen) atoms. The Kier molecular flexibility index (Phi) is 4.11. The average molecular weight is 274 g/mol. The molecule has 7 nitrogen and oxygen atoms in total. The normalized spacial score (nSPS) is 10.4. The summed E-state index contributed by atoms with van der Waals surface area (Å²) in [7, 11) is 0. The van der Waals surface area contributed by atoms with E-state index in [1.165, 1.54) is 6.07 Å². The van der Waals surface area contributed by atoms with Gasteiger partial charge in [-0.05, 0) is 12.1 Å². The lowest BCUT2D eigenvalue weighted by Crippen LogP contribution is -2.29. The standard InChI is InChI=1S/C13H14N4O3/c1-2-6-14-7-10(18)15-9-5-3-4-8-11(9)13(20)17-16-12(8)19/h2-5,14H,1,6-7H2,(H,15,18)(H,16,19)(H,17,20). The first-order chi connectivity index (χ1) is 9.63. The molecule has 0 unspecified atom stereocenters. The first kappa shape index (κ1) is 13.8. The molecule has 0 aliphatic rings. The van der Waals surface area contributed by atoms with Crippen molar-refractivity contribution in [2.24, 2.45) is 0 Å². The molecule has 0 spiro atoms. The second kappa shape index (κ2) is 5.98. The maximum Gasteiger partial charge on any atom is 0.272 e. The molecule has 0 aliphatic carbocycles. The highest BCUT2D eigenvalue weighted by Crippen LogP contribution is 2.16. The van der Waals surface area contributed by atoms with Crippen LogP contribution in [0.15, 0.2) is 40.4 Å². The van der Waals surface area contributed by atoms with Crippen LogP contribution in [0.2, 0.25) is 0 Å². The van der Waals surface area contributed by atoms with Gasteiger partial charge < -0.3 is 10.6 Å². The number of hydrogen-bond acceptors (Lipinski definition) is 4. The quantitative estimate of drug-likeness (QED) is 0.452. The first-order valence-electron chi connectivity index (χ1n) is 5.98. The van der Waals surface area contributed by atoms with Gasteiger partial charge in [0.05, 0.1) is 23.0 Å². The molecule has 1 aromatic heterocycles. The minimum Gasteiger partial charge on any atom is -0.324 e. The molecule has 1 amide bonds. The van der Waals surface area contributed by atoms with Crippen molar-refractivity contribution >= 4 is 22.4 Å². The third-order valence-electron chi connectivity index (χ3n) is 2.67. The van der Waals surface area contributed by atoms with Crippen LogP contribution in [0.4, 0.5) is 5.69 Å². The van der Waals surface area contributed by atoms with Crippen molar-refractivity contribution < 1.29 is 4.79 Å². The second-order valence-electron chi connectivity index (χ2n) is 4.10. The van der Waals surface area contributed by atoms with E-state index in [-0.39, 0.29) is 23.2 Å². The largest absolute Gasteiger partial charge is 0.324 e. The van der Waals surface area contributed by atoms with Crippen molar-refractivity contribution in [3.05, 3.63) is 51.6 Å². The van der Waals surface area contributed by atoms with Crippen LogP contribution in [0.5, 0.6) is 0 Å². The highest BCUT2D eigenvalue weighted by atomic mass is 16.2. The molecule has 2 rings (SSSR count). The SMILES string of the molecule is C=CCNCC(=O)Nc1cccc2c(=O)[nH][nH]c(=O)c12. The zero-order valence-electron chi connectivity index (χ0n) is 10.7. The Labute approximate surface area is 113 Å². The summed E-state index contributed by atoms with van der Waals surface area (Å²) in [5.41, 5.74) is -0.574. The van der Waals surface area contributed by atoms with Gasteiger partial charge in [0.2, 0.25) is 5.91 Å². The molecule has 0 saturated heterocycles. The number of anilines is 1. The van der Waals surface area contributed by atoms with Crippen LogP contribution in [-0.2, 0) is 4.79 Å². The number of carbonyl (C=O) groups is 1. The molecule has 1 aromatic carbocycles. The molecule has 104 valence electrons. The highest BCUT2D eigenvalue weighted by molar-refractivity contribution is 6.02. The lowest BCUT2D eigenvalue weighted by atomic mass is 10.1. The summed E-state index contributed by atoms with van der Waals surface area (Å²) in [5, 5.41) is 10.3. The van der Waals surface area contributed by atoms with Crippen molar-refractivity contribution in [3.8, 4) is 0 Å². The van der Waals surface area contributed by atoms with Gasteiger partial charge in [0.25, 0.3) is 11.1 Å². The third-order valence-corrected chi connectivity index (χ3v) is 2.67. The van der Waals surface area contributed by atoms with E-state index in [0.29, 0.717) is 12.2 Å². The van der Waals surface area contributed by atoms with Crippen LogP contribution in [0.25, 0.3) is 10.8 Å². The van der Waals surface area contributed by atoms with Gasteiger partial charge in [0.15, 0.2) is 0 Å². The van der Waals surface area contributed by atoms with Crippen molar-refractivity contribution in [3.63, 3.8) is 0 Å². The monoisotopic (exact) mass is 274 g/mol. The molecule has 0 radical (unpaired) electrons. The molecule has 7 heteroatoms. The summed E-state index contributed by atoms with van der Waals surface area (Å²) in [4.78, 5) is 35.1. The van der Waals surface area contributed by atoms with Gasteiger partial charge in [-0.25, -0.2) is 0 Å². The van der Waals surface area contributed by atoms with Crippen LogP contribution in [0.3, 0.4) is 0 Å². The average Bonchev–Trinajstić information content (AvgIpc) is 2.43. The van der Waals surface area contributed by atoms with E-state index in [0.717, 1.165) is 0 Å². The third kappa shape index (κ3) is 2.83. The Morgan fingerprint density at radius 2 is 2.00 bits per heavy atom. The molecular weight excluding hydrogens is 260 g/mol. The maximum absolute atomic E-state index is 11.8. The van der Waals surface area contributed by atoms with Crippen LogP contribution < -0.4 is 21.8 Å². The Hall–Kier alpha value is -2.67. The van der Waals surface area contributed by atoms with Gasteiger partial charge in [-0.15, -0.1) is 6.58 Å². The number of hydrogen-bond donors (Lipinski definition) is 4. The van der Waals surface area contributed by atoms with E-state index in [9.17, 15) is 14.4 Å². The van der Waals surface area contributed by atoms with Gasteiger partial charge in [-0.2, -0.15) is 0 Å². The van der Waals surface area contributed by atoms with Gasteiger partial charge >= 0.3 is 0 Å². The highest BCUT2D eigenvalue weighted by Gasteiger charge is 2.10. The van der Waals surface area contributed by atoms with Crippen molar-refractivity contribution in [1.82, 2.24) is 15.5 Å². The Balaban J connectivity index is 2.33. The molecule has 0 saturated carbocycles. The van der Waals surface area contributed by atoms with Crippen LogP contribution >= 0.6 is 0 Å². The fourth-order valence-electron chi connectivity index (χ4n) is 1.82. The number of aromatic amines is 2.